The summed E-state index contributed by atoms with van der Waals surface area (Å²) in [5.41, 5.74) is 3.98. The first-order valence-electron chi connectivity index (χ1n) is 5.08. The molecule has 1 aromatic rings. The van der Waals surface area contributed by atoms with Gasteiger partial charge in [0.05, 0.1) is 12.7 Å². The van der Waals surface area contributed by atoms with E-state index in [-0.39, 0.29) is 17.9 Å². The van der Waals surface area contributed by atoms with Crippen LogP contribution in [0.3, 0.4) is 0 Å². The molecule has 0 spiro atoms. The molecule has 0 saturated carbocycles. The highest BCUT2D eigenvalue weighted by Gasteiger charge is 2.48. The Hall–Kier alpha value is -1.16. The smallest absolute Gasteiger partial charge is 0.282 e. The van der Waals surface area contributed by atoms with Gasteiger partial charge in [-0.15, -0.1) is 0 Å². The zero-order valence-corrected chi connectivity index (χ0v) is 9.76. The van der Waals surface area contributed by atoms with Crippen molar-refractivity contribution in [3.63, 3.8) is 0 Å². The first-order chi connectivity index (χ1) is 7.36. The predicted octanol–water partition coefficient (Wildman–Crippen LogP) is 2.77. The maximum Gasteiger partial charge on any atom is 0.282 e. The van der Waals surface area contributed by atoms with Crippen LogP contribution < -0.4 is 10.5 Å². The fourth-order valence-electron chi connectivity index (χ4n) is 1.40. The second-order valence-electron chi connectivity index (χ2n) is 4.36. The molecule has 0 aliphatic rings. The summed E-state index contributed by atoms with van der Waals surface area (Å²) in [7, 11) is 1.38. The van der Waals surface area contributed by atoms with Gasteiger partial charge in [0.1, 0.15) is 5.75 Å². The van der Waals surface area contributed by atoms with Crippen LogP contribution in [0.15, 0.2) is 24.3 Å². The highest BCUT2D eigenvalue weighted by atomic mass is 19.3. The molecule has 0 bridgehead atoms. The molecule has 0 unspecified atom stereocenters. The van der Waals surface area contributed by atoms with E-state index in [1.807, 2.05) is 0 Å². The number of hydrogen-bond acceptors (Lipinski definition) is 2. The highest BCUT2D eigenvalue weighted by Crippen LogP contribution is 2.47. The standard InChI is InChI=1S/C12H17F2NO/c1-11(2,8-15)12(13,14)9-6-4-5-7-10(9)16-3/h4-7H,8,15H2,1-3H3. The van der Waals surface area contributed by atoms with Crippen LogP contribution in [0.1, 0.15) is 19.4 Å². The Morgan fingerprint density at radius 2 is 1.81 bits per heavy atom. The lowest BCUT2D eigenvalue weighted by atomic mass is 9.81. The summed E-state index contributed by atoms with van der Waals surface area (Å²) in [5.74, 6) is -2.83. The fourth-order valence-corrected chi connectivity index (χ4v) is 1.40. The lowest BCUT2D eigenvalue weighted by Gasteiger charge is -2.33. The summed E-state index contributed by atoms with van der Waals surface area (Å²) in [5, 5.41) is 0. The predicted molar refractivity (Wildman–Crippen MR) is 59.7 cm³/mol. The van der Waals surface area contributed by atoms with Crippen LogP contribution in [-0.2, 0) is 5.92 Å². The van der Waals surface area contributed by atoms with Gasteiger partial charge < -0.3 is 10.5 Å². The van der Waals surface area contributed by atoms with Gasteiger partial charge in [0.15, 0.2) is 0 Å². The summed E-state index contributed by atoms with van der Waals surface area (Å²) in [4.78, 5) is 0. The Morgan fingerprint density at radius 1 is 1.25 bits per heavy atom. The minimum atomic E-state index is -3.02. The van der Waals surface area contributed by atoms with Crippen molar-refractivity contribution < 1.29 is 13.5 Å². The van der Waals surface area contributed by atoms with E-state index in [9.17, 15) is 8.78 Å². The summed E-state index contributed by atoms with van der Waals surface area (Å²) in [6, 6.07) is 6.12. The monoisotopic (exact) mass is 229 g/mol. The zero-order chi connectivity index (χ0) is 12.4. The number of hydrogen-bond donors (Lipinski definition) is 1. The molecule has 4 heteroatoms. The minimum Gasteiger partial charge on any atom is -0.496 e. The van der Waals surface area contributed by atoms with Crippen LogP contribution in [0, 0.1) is 5.41 Å². The van der Waals surface area contributed by atoms with Crippen molar-refractivity contribution in [1.82, 2.24) is 0 Å². The average Bonchev–Trinajstić information content (AvgIpc) is 2.28. The Labute approximate surface area is 94.4 Å². The molecule has 1 rings (SSSR count). The second-order valence-corrected chi connectivity index (χ2v) is 4.36. The number of ether oxygens (including phenoxy) is 1. The van der Waals surface area contributed by atoms with Crippen LogP contribution in [0.25, 0.3) is 0 Å². The number of alkyl halides is 2. The molecule has 0 saturated heterocycles. The van der Waals surface area contributed by atoms with Crippen LogP contribution in [0.2, 0.25) is 0 Å². The van der Waals surface area contributed by atoms with E-state index in [0.717, 1.165) is 0 Å². The van der Waals surface area contributed by atoms with Crippen molar-refractivity contribution in [3.05, 3.63) is 29.8 Å². The van der Waals surface area contributed by atoms with Crippen molar-refractivity contribution >= 4 is 0 Å². The summed E-state index contributed by atoms with van der Waals surface area (Å²) < 4.78 is 33.4. The van der Waals surface area contributed by atoms with Gasteiger partial charge in [0.25, 0.3) is 5.92 Å². The molecule has 0 aliphatic carbocycles. The molecule has 0 aromatic heterocycles. The van der Waals surface area contributed by atoms with E-state index < -0.39 is 11.3 Å². The molecule has 0 heterocycles. The molecule has 0 atom stereocenters. The maximum atomic E-state index is 14.2. The molecule has 2 N–H and O–H groups in total. The van der Waals surface area contributed by atoms with Crippen molar-refractivity contribution in [2.45, 2.75) is 19.8 Å². The molecule has 0 radical (unpaired) electrons. The van der Waals surface area contributed by atoms with Crippen molar-refractivity contribution in [2.75, 3.05) is 13.7 Å². The maximum absolute atomic E-state index is 14.2. The van der Waals surface area contributed by atoms with E-state index in [0.29, 0.717) is 0 Å². The van der Waals surface area contributed by atoms with Crippen LogP contribution >= 0.6 is 0 Å². The van der Waals surface area contributed by atoms with Gasteiger partial charge in [-0.2, -0.15) is 0 Å². The molecule has 0 amide bonds. The van der Waals surface area contributed by atoms with Gasteiger partial charge >= 0.3 is 0 Å². The summed E-state index contributed by atoms with van der Waals surface area (Å²) >= 11 is 0. The van der Waals surface area contributed by atoms with Gasteiger partial charge in [-0.1, -0.05) is 26.0 Å². The van der Waals surface area contributed by atoms with Crippen LogP contribution in [0.5, 0.6) is 5.75 Å². The van der Waals surface area contributed by atoms with E-state index >= 15 is 0 Å². The zero-order valence-electron chi connectivity index (χ0n) is 9.76. The first kappa shape index (κ1) is 12.9. The van der Waals surface area contributed by atoms with Gasteiger partial charge in [-0.25, -0.2) is 8.78 Å². The molecule has 1 aromatic carbocycles. The third-order valence-corrected chi connectivity index (χ3v) is 2.81. The largest absolute Gasteiger partial charge is 0.496 e. The van der Waals surface area contributed by atoms with E-state index in [2.05, 4.69) is 0 Å². The third kappa shape index (κ3) is 2.02. The Morgan fingerprint density at radius 3 is 2.31 bits per heavy atom. The molecule has 16 heavy (non-hydrogen) atoms. The number of nitrogens with two attached hydrogens (primary N) is 1. The Kier molecular flexibility index (Phi) is 3.53. The van der Waals surface area contributed by atoms with E-state index in [4.69, 9.17) is 10.5 Å². The normalized spacial score (nSPS) is 12.6. The Bertz CT molecular complexity index is 364. The molecule has 2 nitrogen and oxygen atoms in total. The second kappa shape index (κ2) is 4.37. The SMILES string of the molecule is COc1ccccc1C(F)(F)C(C)(C)CN. The summed E-state index contributed by atoms with van der Waals surface area (Å²) in [6.45, 7) is 2.79. The van der Waals surface area contributed by atoms with Crippen molar-refractivity contribution in [3.8, 4) is 5.75 Å². The van der Waals surface area contributed by atoms with E-state index in [1.54, 1.807) is 12.1 Å². The number of methoxy groups -OCH3 is 1. The quantitative estimate of drug-likeness (QED) is 0.861. The molecule has 90 valence electrons. The van der Waals surface area contributed by atoms with Crippen molar-refractivity contribution in [1.29, 1.82) is 0 Å². The van der Waals surface area contributed by atoms with Gasteiger partial charge in [0.2, 0.25) is 0 Å². The fraction of sp³-hybridized carbons (Fsp3) is 0.500. The third-order valence-electron chi connectivity index (χ3n) is 2.81. The number of rotatable bonds is 4. The Balaban J connectivity index is 3.26. The number of para-hydroxylation sites is 1. The number of halogens is 2. The minimum absolute atomic E-state index is 0.0992. The molecule has 0 fully saturated rings. The molecular formula is C12H17F2NO. The summed E-state index contributed by atoms with van der Waals surface area (Å²) in [6.07, 6.45) is 0. The topological polar surface area (TPSA) is 35.2 Å². The van der Waals surface area contributed by atoms with Crippen molar-refractivity contribution in [2.24, 2.45) is 11.1 Å². The first-order valence-corrected chi connectivity index (χ1v) is 5.08. The average molecular weight is 229 g/mol. The van der Waals surface area contributed by atoms with Crippen LogP contribution in [-0.4, -0.2) is 13.7 Å². The molecular weight excluding hydrogens is 212 g/mol. The lowest BCUT2D eigenvalue weighted by molar-refractivity contribution is -0.110. The van der Waals surface area contributed by atoms with Crippen LogP contribution in [0.4, 0.5) is 8.78 Å². The lowest BCUT2D eigenvalue weighted by Crippen LogP contribution is -2.40. The van der Waals surface area contributed by atoms with Gasteiger partial charge in [-0.3, -0.25) is 0 Å². The highest BCUT2D eigenvalue weighted by molar-refractivity contribution is 5.37. The van der Waals surface area contributed by atoms with Gasteiger partial charge in [0, 0.05) is 12.0 Å². The van der Waals surface area contributed by atoms with E-state index in [1.165, 1.54) is 33.1 Å². The molecule has 0 aliphatic heterocycles. The number of benzene rings is 1. The van der Waals surface area contributed by atoms with Gasteiger partial charge in [-0.05, 0) is 12.1 Å².